The molecule has 0 aromatic heterocycles. The Morgan fingerprint density at radius 3 is 2.65 bits per heavy atom. The molecule has 0 radical (unpaired) electrons. The van der Waals surface area contributed by atoms with E-state index in [1.807, 2.05) is 24.3 Å². The third-order valence-electron chi connectivity index (χ3n) is 2.56. The lowest BCUT2D eigenvalue weighted by Crippen LogP contribution is -2.28. The van der Waals surface area contributed by atoms with Gasteiger partial charge in [0.1, 0.15) is 12.4 Å². The number of benzene rings is 2. The molecule has 0 atom stereocenters. The van der Waals surface area contributed by atoms with Crippen molar-refractivity contribution in [2.75, 3.05) is 13.2 Å². The molecule has 0 aliphatic heterocycles. The summed E-state index contributed by atoms with van der Waals surface area (Å²) in [4.78, 5) is 11.8. The van der Waals surface area contributed by atoms with Crippen molar-refractivity contribution in [3.8, 4) is 5.75 Å². The molecule has 2 rings (SSSR count). The summed E-state index contributed by atoms with van der Waals surface area (Å²) in [7, 11) is 0. The van der Waals surface area contributed by atoms with Gasteiger partial charge in [0, 0.05) is 15.1 Å². The molecule has 0 saturated carbocycles. The summed E-state index contributed by atoms with van der Waals surface area (Å²) in [5.41, 5.74) is 0.543. The van der Waals surface area contributed by atoms with Crippen molar-refractivity contribution in [2.24, 2.45) is 0 Å². The standard InChI is InChI=1S/C15H13BrClNO2/c16-12-4-6-14(7-5-12)20-9-8-18-15(19)11-2-1-3-13(17)10-11/h1-7,10H,8-9H2,(H,18,19). The summed E-state index contributed by atoms with van der Waals surface area (Å²) in [5, 5.41) is 3.32. The highest BCUT2D eigenvalue weighted by Crippen LogP contribution is 2.15. The van der Waals surface area contributed by atoms with E-state index < -0.39 is 0 Å². The second kappa shape index (κ2) is 7.31. The van der Waals surface area contributed by atoms with E-state index in [1.165, 1.54) is 0 Å². The zero-order valence-electron chi connectivity index (χ0n) is 10.6. The van der Waals surface area contributed by atoms with Gasteiger partial charge < -0.3 is 10.1 Å². The molecule has 0 spiro atoms. The Bertz CT molecular complexity index is 587. The average molecular weight is 355 g/mol. The molecule has 5 heteroatoms. The number of hydrogen-bond donors (Lipinski definition) is 1. The number of ether oxygens (including phenoxy) is 1. The van der Waals surface area contributed by atoms with Crippen LogP contribution in [0.1, 0.15) is 10.4 Å². The van der Waals surface area contributed by atoms with Crippen LogP contribution in [0.3, 0.4) is 0 Å². The summed E-state index contributed by atoms with van der Waals surface area (Å²) in [6.45, 7) is 0.843. The molecule has 0 aliphatic carbocycles. The molecule has 3 nitrogen and oxygen atoms in total. The maximum absolute atomic E-state index is 11.8. The lowest BCUT2D eigenvalue weighted by atomic mass is 10.2. The van der Waals surface area contributed by atoms with E-state index in [0.717, 1.165) is 10.2 Å². The number of rotatable bonds is 5. The largest absolute Gasteiger partial charge is 0.492 e. The van der Waals surface area contributed by atoms with Gasteiger partial charge in [-0.2, -0.15) is 0 Å². The number of carbonyl (C=O) groups excluding carboxylic acids is 1. The number of nitrogens with one attached hydrogen (secondary N) is 1. The summed E-state index contributed by atoms with van der Waals surface area (Å²) >= 11 is 9.19. The highest BCUT2D eigenvalue weighted by molar-refractivity contribution is 9.10. The van der Waals surface area contributed by atoms with Gasteiger partial charge in [-0.3, -0.25) is 4.79 Å². The van der Waals surface area contributed by atoms with Crippen LogP contribution in [0.2, 0.25) is 5.02 Å². The second-order valence-electron chi connectivity index (χ2n) is 4.07. The quantitative estimate of drug-likeness (QED) is 0.827. The van der Waals surface area contributed by atoms with Crippen molar-refractivity contribution in [1.29, 1.82) is 0 Å². The Kier molecular flexibility index (Phi) is 5.44. The maximum Gasteiger partial charge on any atom is 0.251 e. The summed E-state index contributed by atoms with van der Waals surface area (Å²) in [5.74, 6) is 0.608. The minimum atomic E-state index is -0.160. The number of halogens is 2. The maximum atomic E-state index is 11.8. The average Bonchev–Trinajstić information content (AvgIpc) is 2.45. The molecular weight excluding hydrogens is 342 g/mol. The van der Waals surface area contributed by atoms with Crippen LogP contribution in [0.25, 0.3) is 0 Å². The van der Waals surface area contributed by atoms with Crippen LogP contribution >= 0.6 is 27.5 Å². The van der Waals surface area contributed by atoms with Gasteiger partial charge in [0.25, 0.3) is 5.91 Å². The van der Waals surface area contributed by atoms with Crippen LogP contribution in [0.5, 0.6) is 5.75 Å². The van der Waals surface area contributed by atoms with Gasteiger partial charge in [0.05, 0.1) is 6.54 Å². The minimum absolute atomic E-state index is 0.160. The van der Waals surface area contributed by atoms with Gasteiger partial charge in [-0.1, -0.05) is 33.6 Å². The SMILES string of the molecule is O=C(NCCOc1ccc(Br)cc1)c1cccc(Cl)c1. The Morgan fingerprint density at radius 2 is 1.95 bits per heavy atom. The second-order valence-corrected chi connectivity index (χ2v) is 5.42. The Labute approximate surface area is 131 Å². The monoisotopic (exact) mass is 353 g/mol. The molecular formula is C15H13BrClNO2. The normalized spacial score (nSPS) is 10.1. The minimum Gasteiger partial charge on any atom is -0.492 e. The lowest BCUT2D eigenvalue weighted by Gasteiger charge is -2.08. The molecule has 2 aromatic carbocycles. The molecule has 1 amide bonds. The van der Waals surface area contributed by atoms with E-state index >= 15 is 0 Å². The third kappa shape index (κ3) is 4.54. The zero-order valence-corrected chi connectivity index (χ0v) is 12.9. The fourth-order valence-corrected chi connectivity index (χ4v) is 2.05. The first kappa shape index (κ1) is 14.9. The first-order chi connectivity index (χ1) is 9.65. The van der Waals surface area contributed by atoms with Gasteiger partial charge in [-0.15, -0.1) is 0 Å². The lowest BCUT2D eigenvalue weighted by molar-refractivity contribution is 0.0947. The van der Waals surface area contributed by atoms with Gasteiger partial charge in [0.15, 0.2) is 0 Å². The van der Waals surface area contributed by atoms with Crippen LogP contribution in [-0.2, 0) is 0 Å². The van der Waals surface area contributed by atoms with E-state index in [9.17, 15) is 4.79 Å². The molecule has 0 fully saturated rings. The van der Waals surface area contributed by atoms with Gasteiger partial charge in [-0.05, 0) is 42.5 Å². The smallest absolute Gasteiger partial charge is 0.251 e. The molecule has 0 bridgehead atoms. The molecule has 1 N–H and O–H groups in total. The van der Waals surface area contributed by atoms with Crippen LogP contribution in [0.15, 0.2) is 53.0 Å². The predicted molar refractivity (Wildman–Crippen MR) is 83.4 cm³/mol. The van der Waals surface area contributed by atoms with E-state index in [4.69, 9.17) is 16.3 Å². The number of carbonyl (C=O) groups is 1. The Morgan fingerprint density at radius 1 is 1.20 bits per heavy atom. The number of amides is 1. The fourth-order valence-electron chi connectivity index (χ4n) is 1.60. The van der Waals surface area contributed by atoms with Crippen molar-refractivity contribution in [1.82, 2.24) is 5.32 Å². The third-order valence-corrected chi connectivity index (χ3v) is 3.32. The molecule has 2 aromatic rings. The summed E-state index contributed by atoms with van der Waals surface area (Å²) in [6, 6.07) is 14.4. The van der Waals surface area contributed by atoms with Crippen molar-refractivity contribution in [3.05, 3.63) is 63.6 Å². The predicted octanol–water partition coefficient (Wildman–Crippen LogP) is 3.91. The van der Waals surface area contributed by atoms with E-state index in [2.05, 4.69) is 21.2 Å². The highest BCUT2D eigenvalue weighted by Gasteiger charge is 2.04. The first-order valence-corrected chi connectivity index (χ1v) is 7.24. The van der Waals surface area contributed by atoms with Crippen molar-refractivity contribution >= 4 is 33.4 Å². The Balaban J connectivity index is 1.76. The van der Waals surface area contributed by atoms with Crippen LogP contribution in [0, 0.1) is 0 Å². The molecule has 0 saturated heterocycles. The fraction of sp³-hybridized carbons (Fsp3) is 0.133. The topological polar surface area (TPSA) is 38.3 Å². The van der Waals surface area contributed by atoms with Crippen molar-refractivity contribution in [3.63, 3.8) is 0 Å². The van der Waals surface area contributed by atoms with E-state index in [0.29, 0.717) is 23.7 Å². The molecule has 0 unspecified atom stereocenters. The van der Waals surface area contributed by atoms with Gasteiger partial charge >= 0.3 is 0 Å². The Hall–Kier alpha value is -1.52. The van der Waals surface area contributed by atoms with Crippen molar-refractivity contribution in [2.45, 2.75) is 0 Å². The van der Waals surface area contributed by atoms with Crippen LogP contribution in [0.4, 0.5) is 0 Å². The molecule has 104 valence electrons. The van der Waals surface area contributed by atoms with E-state index in [-0.39, 0.29) is 5.91 Å². The molecule has 20 heavy (non-hydrogen) atoms. The van der Waals surface area contributed by atoms with Gasteiger partial charge in [0.2, 0.25) is 0 Å². The van der Waals surface area contributed by atoms with Crippen LogP contribution in [-0.4, -0.2) is 19.1 Å². The summed E-state index contributed by atoms with van der Waals surface area (Å²) < 4.78 is 6.51. The number of hydrogen-bond acceptors (Lipinski definition) is 2. The first-order valence-electron chi connectivity index (χ1n) is 6.07. The molecule has 0 aliphatic rings. The van der Waals surface area contributed by atoms with Gasteiger partial charge in [-0.25, -0.2) is 0 Å². The van der Waals surface area contributed by atoms with E-state index in [1.54, 1.807) is 24.3 Å². The highest BCUT2D eigenvalue weighted by atomic mass is 79.9. The van der Waals surface area contributed by atoms with Crippen LogP contribution < -0.4 is 10.1 Å². The summed E-state index contributed by atoms with van der Waals surface area (Å²) in [6.07, 6.45) is 0. The van der Waals surface area contributed by atoms with Crippen molar-refractivity contribution < 1.29 is 9.53 Å². The molecule has 0 heterocycles. The zero-order chi connectivity index (χ0) is 14.4.